The van der Waals surface area contributed by atoms with E-state index in [0.29, 0.717) is 11.5 Å². The number of nitrogens with one attached hydrogen (secondary N) is 1. The minimum absolute atomic E-state index is 0.000316. The van der Waals surface area contributed by atoms with Gasteiger partial charge in [0, 0.05) is 13.1 Å². The van der Waals surface area contributed by atoms with Crippen molar-refractivity contribution in [2.75, 3.05) is 26.8 Å². The molecule has 0 aliphatic carbocycles. The molecule has 1 fully saturated rings. The van der Waals surface area contributed by atoms with Crippen LogP contribution in [0.15, 0.2) is 24.3 Å². The molecule has 0 radical (unpaired) electrons. The number of rotatable bonds is 7. The predicted molar refractivity (Wildman–Crippen MR) is 95.7 cm³/mol. The van der Waals surface area contributed by atoms with E-state index in [2.05, 4.69) is 5.32 Å². The van der Waals surface area contributed by atoms with Crippen molar-refractivity contribution >= 4 is 11.8 Å². The molecule has 138 valence electrons. The van der Waals surface area contributed by atoms with Crippen molar-refractivity contribution in [2.24, 2.45) is 5.92 Å². The summed E-state index contributed by atoms with van der Waals surface area (Å²) < 4.78 is 10.7. The molecule has 1 N–H and O–H groups in total. The molecule has 6 heteroatoms. The van der Waals surface area contributed by atoms with Crippen molar-refractivity contribution in [1.82, 2.24) is 10.2 Å². The Kier molecular flexibility index (Phi) is 7.10. The molecule has 1 atom stereocenters. The first-order valence-electron chi connectivity index (χ1n) is 8.87. The Hall–Kier alpha value is -2.24. The minimum Gasteiger partial charge on any atom is -0.493 e. The Morgan fingerprint density at radius 1 is 1.12 bits per heavy atom. The summed E-state index contributed by atoms with van der Waals surface area (Å²) in [5.41, 5.74) is 0. The third-order valence-corrected chi connectivity index (χ3v) is 4.34. The highest BCUT2D eigenvalue weighted by Crippen LogP contribution is 2.25. The maximum atomic E-state index is 12.7. The Balaban J connectivity index is 1.92. The van der Waals surface area contributed by atoms with Crippen LogP contribution >= 0.6 is 0 Å². The van der Waals surface area contributed by atoms with Crippen LogP contribution < -0.4 is 14.8 Å². The molecular weight excluding hydrogens is 320 g/mol. The Bertz CT molecular complexity index is 583. The van der Waals surface area contributed by atoms with Gasteiger partial charge in [-0.25, -0.2) is 0 Å². The summed E-state index contributed by atoms with van der Waals surface area (Å²) in [6.45, 7) is 5.27. The fourth-order valence-electron chi connectivity index (χ4n) is 2.92. The second-order valence-electron chi connectivity index (χ2n) is 6.61. The molecule has 2 rings (SSSR count). The third-order valence-electron chi connectivity index (χ3n) is 4.34. The summed E-state index contributed by atoms with van der Waals surface area (Å²) in [4.78, 5) is 26.8. The highest BCUT2D eigenvalue weighted by atomic mass is 16.5. The van der Waals surface area contributed by atoms with E-state index in [0.717, 1.165) is 32.4 Å². The van der Waals surface area contributed by atoms with Crippen LogP contribution in [0.4, 0.5) is 0 Å². The van der Waals surface area contributed by atoms with Crippen LogP contribution in [-0.2, 0) is 9.59 Å². The lowest BCUT2D eigenvalue weighted by molar-refractivity contribution is -0.138. The number of methoxy groups -OCH3 is 1. The molecule has 1 saturated heterocycles. The normalized spacial score (nSPS) is 15.6. The summed E-state index contributed by atoms with van der Waals surface area (Å²) in [5.74, 6) is 0.781. The van der Waals surface area contributed by atoms with E-state index < -0.39 is 6.04 Å². The van der Waals surface area contributed by atoms with E-state index in [-0.39, 0.29) is 24.3 Å². The van der Waals surface area contributed by atoms with E-state index in [1.165, 1.54) is 0 Å². The topological polar surface area (TPSA) is 67.9 Å². The second kappa shape index (κ2) is 9.30. The first-order valence-corrected chi connectivity index (χ1v) is 8.87. The zero-order valence-corrected chi connectivity index (χ0v) is 15.3. The quantitative estimate of drug-likeness (QED) is 0.820. The average Bonchev–Trinajstić information content (AvgIpc) is 2.64. The SMILES string of the molecule is COc1ccccc1OCC(=O)N[C@@H](C(=O)N1CCCCC1)C(C)C. The molecule has 0 bridgehead atoms. The van der Waals surface area contributed by atoms with E-state index in [4.69, 9.17) is 9.47 Å². The number of ether oxygens (including phenoxy) is 2. The average molecular weight is 348 g/mol. The Labute approximate surface area is 149 Å². The lowest BCUT2D eigenvalue weighted by atomic mass is 10.0. The lowest BCUT2D eigenvalue weighted by Gasteiger charge is -2.32. The molecule has 0 spiro atoms. The predicted octanol–water partition coefficient (Wildman–Crippen LogP) is 2.23. The number of nitrogens with zero attached hydrogens (tertiary/aromatic N) is 1. The zero-order valence-electron chi connectivity index (χ0n) is 15.3. The Morgan fingerprint density at radius 3 is 2.36 bits per heavy atom. The van der Waals surface area contributed by atoms with Gasteiger partial charge in [-0.05, 0) is 37.3 Å². The minimum atomic E-state index is -0.521. The fraction of sp³-hybridized carbons (Fsp3) is 0.579. The molecule has 1 aliphatic heterocycles. The zero-order chi connectivity index (χ0) is 18.2. The summed E-state index contributed by atoms with van der Waals surface area (Å²) in [6.07, 6.45) is 3.22. The third kappa shape index (κ3) is 5.37. The van der Waals surface area contributed by atoms with Crippen LogP contribution in [0.5, 0.6) is 11.5 Å². The number of benzene rings is 1. The maximum Gasteiger partial charge on any atom is 0.258 e. The van der Waals surface area contributed by atoms with Gasteiger partial charge in [0.25, 0.3) is 5.91 Å². The smallest absolute Gasteiger partial charge is 0.258 e. The van der Waals surface area contributed by atoms with Gasteiger partial charge in [0.2, 0.25) is 5.91 Å². The molecule has 1 heterocycles. The van der Waals surface area contributed by atoms with Crippen LogP contribution in [0.1, 0.15) is 33.1 Å². The number of likely N-dealkylation sites (tertiary alicyclic amines) is 1. The Morgan fingerprint density at radius 2 is 1.76 bits per heavy atom. The van der Waals surface area contributed by atoms with E-state index in [9.17, 15) is 9.59 Å². The molecule has 2 amide bonds. The summed E-state index contributed by atoms with van der Waals surface area (Å²) in [7, 11) is 1.55. The number of para-hydroxylation sites is 2. The van der Waals surface area contributed by atoms with Crippen LogP contribution in [0.3, 0.4) is 0 Å². The number of carbonyl (C=O) groups is 2. The van der Waals surface area contributed by atoms with Gasteiger partial charge in [-0.3, -0.25) is 9.59 Å². The van der Waals surface area contributed by atoms with Crippen LogP contribution in [0.2, 0.25) is 0 Å². The number of amides is 2. The van der Waals surface area contributed by atoms with E-state index in [1.54, 1.807) is 19.2 Å². The van der Waals surface area contributed by atoms with Crippen molar-refractivity contribution in [3.63, 3.8) is 0 Å². The van der Waals surface area contributed by atoms with Crippen molar-refractivity contribution in [3.8, 4) is 11.5 Å². The molecule has 1 aromatic rings. The second-order valence-corrected chi connectivity index (χ2v) is 6.61. The maximum absolute atomic E-state index is 12.7. The monoisotopic (exact) mass is 348 g/mol. The number of hydrogen-bond acceptors (Lipinski definition) is 4. The van der Waals surface area contributed by atoms with Gasteiger partial charge < -0.3 is 19.7 Å². The summed E-state index contributed by atoms with van der Waals surface area (Å²) in [5, 5.41) is 2.83. The van der Waals surface area contributed by atoms with Crippen LogP contribution in [0, 0.1) is 5.92 Å². The number of hydrogen-bond donors (Lipinski definition) is 1. The summed E-state index contributed by atoms with van der Waals surface area (Å²) in [6, 6.07) is 6.63. The highest BCUT2D eigenvalue weighted by Gasteiger charge is 2.29. The standard InChI is InChI=1S/C19H28N2O4/c1-14(2)18(19(23)21-11-7-4-8-12-21)20-17(22)13-25-16-10-6-5-9-15(16)24-3/h5-6,9-10,14,18H,4,7-8,11-13H2,1-3H3,(H,20,22)/t18-/m1/s1. The van der Waals surface area contributed by atoms with Crippen LogP contribution in [0.25, 0.3) is 0 Å². The van der Waals surface area contributed by atoms with Crippen molar-refractivity contribution in [2.45, 2.75) is 39.2 Å². The van der Waals surface area contributed by atoms with Gasteiger partial charge >= 0.3 is 0 Å². The lowest BCUT2D eigenvalue weighted by Crippen LogP contribution is -2.53. The van der Waals surface area contributed by atoms with Gasteiger partial charge in [0.1, 0.15) is 6.04 Å². The fourth-order valence-corrected chi connectivity index (χ4v) is 2.92. The van der Waals surface area contributed by atoms with Gasteiger partial charge in [0.15, 0.2) is 18.1 Å². The molecule has 6 nitrogen and oxygen atoms in total. The van der Waals surface area contributed by atoms with Gasteiger partial charge in [-0.1, -0.05) is 26.0 Å². The van der Waals surface area contributed by atoms with Crippen LogP contribution in [-0.4, -0.2) is 49.6 Å². The van der Waals surface area contributed by atoms with Gasteiger partial charge in [0.05, 0.1) is 7.11 Å². The van der Waals surface area contributed by atoms with Gasteiger partial charge in [-0.15, -0.1) is 0 Å². The van der Waals surface area contributed by atoms with Gasteiger partial charge in [-0.2, -0.15) is 0 Å². The van der Waals surface area contributed by atoms with E-state index >= 15 is 0 Å². The first kappa shape index (κ1) is 19.1. The molecule has 1 aliphatic rings. The first-order chi connectivity index (χ1) is 12.0. The summed E-state index contributed by atoms with van der Waals surface area (Å²) >= 11 is 0. The molecule has 1 aromatic carbocycles. The van der Waals surface area contributed by atoms with Crippen molar-refractivity contribution < 1.29 is 19.1 Å². The number of piperidine rings is 1. The number of carbonyl (C=O) groups excluding carboxylic acids is 2. The van der Waals surface area contributed by atoms with E-state index in [1.807, 2.05) is 30.9 Å². The molecular formula is C19H28N2O4. The molecule has 0 aromatic heterocycles. The molecule has 0 saturated carbocycles. The van der Waals surface area contributed by atoms with Crippen molar-refractivity contribution in [1.29, 1.82) is 0 Å². The largest absolute Gasteiger partial charge is 0.493 e. The molecule has 0 unspecified atom stereocenters. The van der Waals surface area contributed by atoms with Crippen molar-refractivity contribution in [3.05, 3.63) is 24.3 Å². The molecule has 25 heavy (non-hydrogen) atoms. The highest BCUT2D eigenvalue weighted by molar-refractivity contribution is 5.88.